The fourth-order valence-electron chi connectivity index (χ4n) is 3.76. The minimum atomic E-state index is -0.714. The van der Waals surface area contributed by atoms with Crippen molar-refractivity contribution in [2.45, 2.75) is 31.7 Å². The minimum Gasteiger partial charge on any atom is -0.497 e. The maximum absolute atomic E-state index is 13.6. The van der Waals surface area contributed by atoms with E-state index in [4.69, 9.17) is 27.9 Å². The highest BCUT2D eigenvalue weighted by Crippen LogP contribution is 2.28. The Hall–Kier alpha value is -2.67. The number of carbonyl (C=O) groups excluding carboxylic acids is 2. The van der Waals surface area contributed by atoms with Crippen LogP contribution in [0.5, 0.6) is 5.75 Å². The number of hydrogen-bond acceptors (Lipinski definition) is 4. The lowest BCUT2D eigenvalue weighted by Gasteiger charge is -2.32. The number of methoxy groups -OCH3 is 1. The standard InChI is InChI=1S/C28H30Cl2N2O3S/c1-3-31-28(34)26(16-20-8-5-4-6-9-20)32(17-23-24(29)10-7-11-25(23)30)27(33)19-36-18-21-12-14-22(35-2)15-13-21/h4-15,26H,3,16-19H2,1-2H3,(H,31,34)/t26-/m0/s1. The van der Waals surface area contributed by atoms with Gasteiger partial charge in [-0.25, -0.2) is 0 Å². The van der Waals surface area contributed by atoms with E-state index in [1.165, 1.54) is 11.8 Å². The molecule has 2 amide bonds. The van der Waals surface area contributed by atoms with Crippen molar-refractivity contribution in [2.24, 2.45) is 0 Å². The predicted molar refractivity (Wildman–Crippen MR) is 149 cm³/mol. The van der Waals surface area contributed by atoms with Gasteiger partial charge >= 0.3 is 0 Å². The van der Waals surface area contributed by atoms with Crippen molar-refractivity contribution in [2.75, 3.05) is 19.4 Å². The molecule has 0 bridgehead atoms. The van der Waals surface area contributed by atoms with E-state index in [0.717, 1.165) is 16.9 Å². The largest absolute Gasteiger partial charge is 0.497 e. The molecular weight excluding hydrogens is 515 g/mol. The predicted octanol–water partition coefficient (Wildman–Crippen LogP) is 6.01. The molecule has 1 N–H and O–H groups in total. The van der Waals surface area contributed by atoms with Crippen LogP contribution in [0.4, 0.5) is 0 Å². The number of benzene rings is 3. The molecule has 3 rings (SSSR count). The molecule has 1 atom stereocenters. The van der Waals surface area contributed by atoms with Crippen LogP contribution < -0.4 is 10.1 Å². The number of ether oxygens (including phenoxy) is 1. The van der Waals surface area contributed by atoms with Crippen LogP contribution in [0.3, 0.4) is 0 Å². The number of thioether (sulfide) groups is 1. The van der Waals surface area contributed by atoms with Gasteiger partial charge < -0.3 is 15.0 Å². The summed E-state index contributed by atoms with van der Waals surface area (Å²) in [6.45, 7) is 2.46. The fraction of sp³-hybridized carbons (Fsp3) is 0.286. The van der Waals surface area contributed by atoms with E-state index in [2.05, 4.69) is 5.32 Å². The summed E-state index contributed by atoms with van der Waals surface area (Å²) >= 11 is 14.4. The Morgan fingerprint density at radius 2 is 1.61 bits per heavy atom. The molecule has 36 heavy (non-hydrogen) atoms. The Morgan fingerprint density at radius 1 is 0.944 bits per heavy atom. The molecular formula is C28H30Cl2N2O3S. The monoisotopic (exact) mass is 544 g/mol. The number of likely N-dealkylation sites (N-methyl/N-ethyl adjacent to an activating group) is 1. The maximum Gasteiger partial charge on any atom is 0.243 e. The number of halogens is 2. The number of hydrogen-bond donors (Lipinski definition) is 1. The van der Waals surface area contributed by atoms with E-state index in [1.54, 1.807) is 30.2 Å². The molecule has 0 aliphatic heterocycles. The molecule has 0 unspecified atom stereocenters. The van der Waals surface area contributed by atoms with Crippen molar-refractivity contribution < 1.29 is 14.3 Å². The Labute approximate surface area is 227 Å². The number of nitrogens with zero attached hydrogens (tertiary/aromatic N) is 1. The second kappa shape index (κ2) is 14.2. The van der Waals surface area contributed by atoms with Crippen molar-refractivity contribution >= 4 is 46.8 Å². The zero-order chi connectivity index (χ0) is 25.9. The summed E-state index contributed by atoms with van der Waals surface area (Å²) in [5.74, 6) is 1.28. The summed E-state index contributed by atoms with van der Waals surface area (Å²) in [7, 11) is 1.63. The first kappa shape index (κ1) is 27.9. The number of carbonyl (C=O) groups is 2. The maximum atomic E-state index is 13.6. The van der Waals surface area contributed by atoms with Gasteiger partial charge in [0, 0.05) is 40.9 Å². The van der Waals surface area contributed by atoms with Crippen molar-refractivity contribution in [3.05, 3.63) is 99.5 Å². The molecule has 0 heterocycles. The normalized spacial score (nSPS) is 11.6. The van der Waals surface area contributed by atoms with Gasteiger partial charge in [-0.2, -0.15) is 0 Å². The molecule has 3 aromatic rings. The quantitative estimate of drug-likeness (QED) is 0.303. The van der Waals surface area contributed by atoms with E-state index in [9.17, 15) is 9.59 Å². The van der Waals surface area contributed by atoms with Crippen molar-refractivity contribution in [1.29, 1.82) is 0 Å². The molecule has 3 aromatic carbocycles. The molecule has 0 radical (unpaired) electrons. The first-order valence-corrected chi connectivity index (χ1v) is 13.6. The van der Waals surface area contributed by atoms with Crippen LogP contribution in [0.2, 0.25) is 10.0 Å². The lowest BCUT2D eigenvalue weighted by molar-refractivity contribution is -0.139. The fourth-order valence-corrected chi connectivity index (χ4v) is 5.15. The number of nitrogens with one attached hydrogen (secondary N) is 1. The Bertz CT molecular complexity index is 1120. The van der Waals surface area contributed by atoms with E-state index < -0.39 is 6.04 Å². The van der Waals surface area contributed by atoms with Gasteiger partial charge in [0.1, 0.15) is 11.8 Å². The molecule has 0 aliphatic rings. The minimum absolute atomic E-state index is 0.134. The highest BCUT2D eigenvalue weighted by molar-refractivity contribution is 7.99. The van der Waals surface area contributed by atoms with Gasteiger partial charge in [-0.3, -0.25) is 9.59 Å². The molecule has 0 aliphatic carbocycles. The van der Waals surface area contributed by atoms with Crippen LogP contribution in [-0.4, -0.2) is 42.2 Å². The average molecular weight is 546 g/mol. The van der Waals surface area contributed by atoms with Crippen LogP contribution in [-0.2, 0) is 28.3 Å². The zero-order valence-electron chi connectivity index (χ0n) is 20.4. The zero-order valence-corrected chi connectivity index (χ0v) is 22.7. The van der Waals surface area contributed by atoms with Gasteiger partial charge in [-0.1, -0.05) is 71.7 Å². The molecule has 0 spiro atoms. The topological polar surface area (TPSA) is 58.6 Å². The van der Waals surface area contributed by atoms with Crippen LogP contribution >= 0.6 is 35.0 Å². The van der Waals surface area contributed by atoms with Gasteiger partial charge in [0.15, 0.2) is 0 Å². The van der Waals surface area contributed by atoms with E-state index in [-0.39, 0.29) is 24.1 Å². The molecule has 5 nitrogen and oxygen atoms in total. The van der Waals surface area contributed by atoms with Crippen LogP contribution in [0.15, 0.2) is 72.8 Å². The Balaban J connectivity index is 1.85. The highest BCUT2D eigenvalue weighted by atomic mass is 35.5. The third-order valence-corrected chi connectivity index (χ3v) is 7.36. The van der Waals surface area contributed by atoms with Gasteiger partial charge in [0.2, 0.25) is 11.8 Å². The molecule has 0 fully saturated rings. The second-order valence-electron chi connectivity index (χ2n) is 8.16. The molecule has 190 valence electrons. The van der Waals surface area contributed by atoms with Gasteiger partial charge in [-0.05, 0) is 42.3 Å². The van der Waals surface area contributed by atoms with Crippen molar-refractivity contribution in [3.8, 4) is 5.75 Å². The van der Waals surface area contributed by atoms with Crippen molar-refractivity contribution in [1.82, 2.24) is 10.2 Å². The molecule has 0 saturated carbocycles. The summed E-state index contributed by atoms with van der Waals surface area (Å²) < 4.78 is 5.21. The second-order valence-corrected chi connectivity index (χ2v) is 9.96. The summed E-state index contributed by atoms with van der Waals surface area (Å²) in [6, 6.07) is 21.9. The summed E-state index contributed by atoms with van der Waals surface area (Å²) in [5, 5.41) is 3.81. The number of amides is 2. The highest BCUT2D eigenvalue weighted by Gasteiger charge is 2.31. The van der Waals surface area contributed by atoms with Gasteiger partial charge in [-0.15, -0.1) is 11.8 Å². The summed E-state index contributed by atoms with van der Waals surface area (Å²) in [6.07, 6.45) is 0.379. The van der Waals surface area contributed by atoms with Gasteiger partial charge in [0.05, 0.1) is 12.9 Å². The molecule has 8 heteroatoms. The lowest BCUT2D eigenvalue weighted by atomic mass is 10.0. The van der Waals surface area contributed by atoms with Crippen LogP contribution in [0.1, 0.15) is 23.6 Å². The summed E-state index contributed by atoms with van der Waals surface area (Å²) in [5.41, 5.74) is 2.67. The average Bonchev–Trinajstić information content (AvgIpc) is 2.88. The Morgan fingerprint density at radius 3 is 2.22 bits per heavy atom. The lowest BCUT2D eigenvalue weighted by Crippen LogP contribution is -2.51. The van der Waals surface area contributed by atoms with Crippen molar-refractivity contribution in [3.63, 3.8) is 0 Å². The SMILES string of the molecule is CCNC(=O)[C@H](Cc1ccccc1)N(Cc1c(Cl)cccc1Cl)C(=O)CSCc1ccc(OC)cc1. The van der Waals surface area contributed by atoms with Crippen LogP contribution in [0.25, 0.3) is 0 Å². The van der Waals surface area contributed by atoms with Crippen LogP contribution in [0, 0.1) is 0 Å². The summed E-state index contributed by atoms with van der Waals surface area (Å²) in [4.78, 5) is 28.4. The Kier molecular flexibility index (Phi) is 11.0. The van der Waals surface area contributed by atoms with E-state index >= 15 is 0 Å². The smallest absolute Gasteiger partial charge is 0.243 e. The number of rotatable bonds is 12. The molecule has 0 aromatic heterocycles. The van der Waals surface area contributed by atoms with Gasteiger partial charge in [0.25, 0.3) is 0 Å². The van der Waals surface area contributed by atoms with E-state index in [0.29, 0.717) is 34.3 Å². The third-order valence-electron chi connectivity index (χ3n) is 5.67. The molecule has 0 saturated heterocycles. The first-order valence-electron chi connectivity index (χ1n) is 11.7. The third kappa shape index (κ3) is 7.92. The first-order chi connectivity index (χ1) is 17.4. The van der Waals surface area contributed by atoms with E-state index in [1.807, 2.05) is 61.5 Å².